The molecule has 0 spiro atoms. The molecule has 0 aliphatic rings. The van der Waals surface area contributed by atoms with Crippen LogP contribution in [0.15, 0.2) is 24.3 Å². The van der Waals surface area contributed by atoms with Gasteiger partial charge in [-0.1, -0.05) is 31.0 Å². The third kappa shape index (κ3) is 5.80. The Bertz CT molecular complexity index is 363. The van der Waals surface area contributed by atoms with Gasteiger partial charge in [-0.25, -0.2) is 0 Å². The Labute approximate surface area is 108 Å². The highest BCUT2D eigenvalue weighted by Gasteiger charge is 2.05. The summed E-state index contributed by atoms with van der Waals surface area (Å²) in [5, 5.41) is 15.2. The Balaban J connectivity index is 2.23. The fourth-order valence-corrected chi connectivity index (χ4v) is 1.63. The van der Waals surface area contributed by atoms with Gasteiger partial charge in [-0.3, -0.25) is 4.79 Å². The average Bonchev–Trinajstić information content (AvgIpc) is 2.32. The summed E-state index contributed by atoms with van der Waals surface area (Å²) in [5.41, 5.74) is 1.95. The minimum absolute atomic E-state index is 0.0949. The van der Waals surface area contributed by atoms with Gasteiger partial charge in [-0.15, -0.1) is 0 Å². The normalized spacial score (nSPS) is 12.2. The van der Waals surface area contributed by atoms with Crippen LogP contribution in [0.1, 0.15) is 25.3 Å². The predicted molar refractivity (Wildman–Crippen MR) is 73.6 cm³/mol. The van der Waals surface area contributed by atoms with E-state index in [0.717, 1.165) is 24.1 Å². The van der Waals surface area contributed by atoms with Crippen LogP contribution < -0.4 is 10.6 Å². The molecule has 0 bridgehead atoms. The van der Waals surface area contributed by atoms with Crippen LogP contribution in [0.25, 0.3) is 0 Å². The van der Waals surface area contributed by atoms with Crippen molar-refractivity contribution >= 4 is 11.6 Å². The largest absolute Gasteiger partial charge is 0.392 e. The first kappa shape index (κ1) is 14.7. The molecule has 1 rings (SSSR count). The van der Waals surface area contributed by atoms with E-state index < -0.39 is 0 Å². The van der Waals surface area contributed by atoms with E-state index >= 15 is 0 Å². The Kier molecular flexibility index (Phi) is 6.39. The lowest BCUT2D eigenvalue weighted by molar-refractivity contribution is -0.115. The van der Waals surface area contributed by atoms with Gasteiger partial charge in [0, 0.05) is 12.2 Å². The summed E-state index contributed by atoms with van der Waals surface area (Å²) in [6.45, 7) is 4.69. The van der Waals surface area contributed by atoms with Crippen molar-refractivity contribution in [1.82, 2.24) is 5.32 Å². The molecule has 0 fully saturated rings. The molecular weight excluding hydrogens is 228 g/mol. The van der Waals surface area contributed by atoms with Crippen molar-refractivity contribution < 1.29 is 9.90 Å². The standard InChI is InChI=1S/C14H22N2O2/c1-3-4-13(17)9-15-10-14(18)16-12-7-5-11(2)6-8-12/h5-8,13,15,17H,3-4,9-10H2,1-2H3,(H,16,18). The number of hydrogen-bond acceptors (Lipinski definition) is 3. The molecule has 4 nitrogen and oxygen atoms in total. The van der Waals surface area contributed by atoms with Crippen LogP contribution in [0.2, 0.25) is 0 Å². The summed E-state index contributed by atoms with van der Waals surface area (Å²) in [4.78, 5) is 11.6. The molecule has 0 radical (unpaired) electrons. The Hall–Kier alpha value is -1.39. The monoisotopic (exact) mass is 250 g/mol. The van der Waals surface area contributed by atoms with Crippen LogP contribution in [0, 0.1) is 6.92 Å². The van der Waals surface area contributed by atoms with Gasteiger partial charge >= 0.3 is 0 Å². The number of aliphatic hydroxyl groups is 1. The van der Waals surface area contributed by atoms with Crippen molar-refractivity contribution in [3.63, 3.8) is 0 Å². The lowest BCUT2D eigenvalue weighted by atomic mass is 10.2. The molecule has 0 aliphatic carbocycles. The predicted octanol–water partition coefficient (Wildman–Crippen LogP) is 1.68. The molecule has 3 N–H and O–H groups in total. The topological polar surface area (TPSA) is 61.4 Å². The van der Waals surface area contributed by atoms with E-state index in [1.54, 1.807) is 0 Å². The first-order valence-electron chi connectivity index (χ1n) is 6.37. The molecule has 1 unspecified atom stereocenters. The summed E-state index contributed by atoms with van der Waals surface area (Å²) in [6, 6.07) is 7.65. The van der Waals surface area contributed by atoms with Gasteiger partial charge in [-0.05, 0) is 25.5 Å². The number of aliphatic hydroxyl groups excluding tert-OH is 1. The second kappa shape index (κ2) is 7.84. The third-order valence-corrected chi connectivity index (χ3v) is 2.62. The Morgan fingerprint density at radius 1 is 1.33 bits per heavy atom. The summed E-state index contributed by atoms with van der Waals surface area (Å²) in [5.74, 6) is -0.0949. The number of carbonyl (C=O) groups is 1. The maximum absolute atomic E-state index is 11.6. The zero-order valence-electron chi connectivity index (χ0n) is 11.1. The van der Waals surface area contributed by atoms with Gasteiger partial charge in [0.2, 0.25) is 5.91 Å². The van der Waals surface area contributed by atoms with Crippen LogP contribution in [-0.4, -0.2) is 30.2 Å². The van der Waals surface area contributed by atoms with E-state index in [2.05, 4.69) is 10.6 Å². The van der Waals surface area contributed by atoms with Crippen LogP contribution in [0.4, 0.5) is 5.69 Å². The second-order valence-corrected chi connectivity index (χ2v) is 4.49. The molecule has 1 atom stereocenters. The maximum Gasteiger partial charge on any atom is 0.238 e. The first-order chi connectivity index (χ1) is 8.61. The van der Waals surface area contributed by atoms with Crippen molar-refractivity contribution in [3.8, 4) is 0 Å². The molecule has 1 amide bonds. The number of anilines is 1. The van der Waals surface area contributed by atoms with Crippen molar-refractivity contribution in [2.75, 3.05) is 18.4 Å². The molecule has 1 aromatic rings. The van der Waals surface area contributed by atoms with Crippen molar-refractivity contribution in [3.05, 3.63) is 29.8 Å². The number of amides is 1. The molecule has 0 aromatic heterocycles. The van der Waals surface area contributed by atoms with Gasteiger partial charge in [0.15, 0.2) is 0 Å². The molecule has 4 heteroatoms. The highest BCUT2D eigenvalue weighted by molar-refractivity contribution is 5.92. The molecule has 0 heterocycles. The van der Waals surface area contributed by atoms with Crippen molar-refractivity contribution in [2.45, 2.75) is 32.8 Å². The number of nitrogens with one attached hydrogen (secondary N) is 2. The second-order valence-electron chi connectivity index (χ2n) is 4.49. The minimum atomic E-state index is -0.373. The summed E-state index contributed by atoms with van der Waals surface area (Å²) >= 11 is 0. The molecule has 18 heavy (non-hydrogen) atoms. The van der Waals surface area contributed by atoms with Gasteiger partial charge in [0.25, 0.3) is 0 Å². The van der Waals surface area contributed by atoms with Gasteiger partial charge in [0.05, 0.1) is 12.6 Å². The molecule has 0 saturated heterocycles. The van der Waals surface area contributed by atoms with Crippen LogP contribution in [-0.2, 0) is 4.79 Å². The number of hydrogen-bond donors (Lipinski definition) is 3. The maximum atomic E-state index is 11.6. The third-order valence-electron chi connectivity index (χ3n) is 2.62. The lowest BCUT2D eigenvalue weighted by Crippen LogP contribution is -2.33. The SMILES string of the molecule is CCCC(O)CNCC(=O)Nc1ccc(C)cc1. The van der Waals surface area contributed by atoms with Crippen molar-refractivity contribution in [2.24, 2.45) is 0 Å². The molecule has 0 aliphatic heterocycles. The van der Waals surface area contributed by atoms with Gasteiger partial charge in [0.1, 0.15) is 0 Å². The van der Waals surface area contributed by atoms with Crippen LogP contribution in [0.3, 0.4) is 0 Å². The first-order valence-corrected chi connectivity index (χ1v) is 6.37. The van der Waals surface area contributed by atoms with E-state index in [1.165, 1.54) is 0 Å². The van der Waals surface area contributed by atoms with E-state index in [1.807, 2.05) is 38.1 Å². The summed E-state index contributed by atoms with van der Waals surface area (Å²) in [6.07, 6.45) is 1.33. The fraction of sp³-hybridized carbons (Fsp3) is 0.500. The van der Waals surface area contributed by atoms with Gasteiger partial charge < -0.3 is 15.7 Å². The summed E-state index contributed by atoms with van der Waals surface area (Å²) in [7, 11) is 0. The van der Waals surface area contributed by atoms with E-state index in [9.17, 15) is 9.90 Å². The van der Waals surface area contributed by atoms with Gasteiger partial charge in [-0.2, -0.15) is 0 Å². The smallest absolute Gasteiger partial charge is 0.238 e. The molecule has 0 saturated carbocycles. The van der Waals surface area contributed by atoms with Crippen molar-refractivity contribution in [1.29, 1.82) is 0 Å². The molecular formula is C14H22N2O2. The number of carbonyl (C=O) groups excluding carboxylic acids is 1. The minimum Gasteiger partial charge on any atom is -0.392 e. The average molecular weight is 250 g/mol. The van der Waals surface area contributed by atoms with E-state index in [4.69, 9.17) is 0 Å². The summed E-state index contributed by atoms with van der Waals surface area (Å²) < 4.78 is 0. The number of aryl methyl sites for hydroxylation is 1. The number of rotatable bonds is 7. The fourth-order valence-electron chi connectivity index (χ4n) is 1.63. The highest BCUT2D eigenvalue weighted by atomic mass is 16.3. The number of benzene rings is 1. The van der Waals surface area contributed by atoms with Crippen LogP contribution in [0.5, 0.6) is 0 Å². The highest BCUT2D eigenvalue weighted by Crippen LogP contribution is 2.07. The molecule has 1 aromatic carbocycles. The lowest BCUT2D eigenvalue weighted by Gasteiger charge is -2.10. The van der Waals surface area contributed by atoms with Crippen LogP contribution >= 0.6 is 0 Å². The Morgan fingerprint density at radius 2 is 2.00 bits per heavy atom. The quantitative estimate of drug-likeness (QED) is 0.690. The zero-order chi connectivity index (χ0) is 13.4. The molecule has 100 valence electrons. The van der Waals surface area contributed by atoms with E-state index in [0.29, 0.717) is 6.54 Å². The van der Waals surface area contributed by atoms with E-state index in [-0.39, 0.29) is 18.6 Å². The Morgan fingerprint density at radius 3 is 2.61 bits per heavy atom. The zero-order valence-corrected chi connectivity index (χ0v) is 11.1.